The van der Waals surface area contributed by atoms with Crippen molar-refractivity contribution < 1.29 is 18.0 Å². The largest absolute Gasteiger partial charge is 0.416 e. The Hall–Kier alpha value is -2.31. The highest BCUT2D eigenvalue weighted by Gasteiger charge is 2.30. The molecule has 1 aromatic heterocycles. The summed E-state index contributed by atoms with van der Waals surface area (Å²) < 4.78 is 40.6. The highest BCUT2D eigenvalue weighted by Crippen LogP contribution is 2.30. The Morgan fingerprint density at radius 1 is 1.26 bits per heavy atom. The van der Waals surface area contributed by atoms with Crippen molar-refractivity contribution >= 4 is 5.91 Å². The SMILES string of the molecule is CC(=O)N(Cc1nccn1Cc1cccc(C(F)(F)F)c1)C1CCCCC1. The van der Waals surface area contributed by atoms with Gasteiger partial charge >= 0.3 is 6.18 Å². The number of imidazole rings is 1. The van der Waals surface area contributed by atoms with Gasteiger partial charge in [-0.3, -0.25) is 4.79 Å². The van der Waals surface area contributed by atoms with Gasteiger partial charge in [0, 0.05) is 31.9 Å². The Morgan fingerprint density at radius 2 is 2.00 bits per heavy atom. The zero-order valence-electron chi connectivity index (χ0n) is 15.4. The molecule has 1 aromatic carbocycles. The molecule has 0 atom stereocenters. The van der Waals surface area contributed by atoms with Crippen LogP contribution in [0.5, 0.6) is 0 Å². The number of benzene rings is 1. The van der Waals surface area contributed by atoms with Crippen LogP contribution in [-0.2, 0) is 24.1 Å². The second kappa shape index (κ2) is 8.15. The maximum atomic E-state index is 12.9. The lowest BCUT2D eigenvalue weighted by molar-refractivity contribution is -0.137. The number of nitrogens with zero attached hydrogens (tertiary/aromatic N) is 3. The summed E-state index contributed by atoms with van der Waals surface area (Å²) in [7, 11) is 0. The van der Waals surface area contributed by atoms with Gasteiger partial charge in [-0.2, -0.15) is 13.2 Å². The van der Waals surface area contributed by atoms with Crippen molar-refractivity contribution in [2.45, 2.75) is 64.3 Å². The Morgan fingerprint density at radius 3 is 2.67 bits per heavy atom. The number of hydrogen-bond acceptors (Lipinski definition) is 2. The Balaban J connectivity index is 1.76. The molecule has 1 aliphatic carbocycles. The third-order valence-corrected chi connectivity index (χ3v) is 5.14. The predicted molar refractivity (Wildman–Crippen MR) is 95.9 cm³/mol. The van der Waals surface area contributed by atoms with E-state index in [9.17, 15) is 18.0 Å². The van der Waals surface area contributed by atoms with E-state index < -0.39 is 11.7 Å². The first-order chi connectivity index (χ1) is 12.8. The summed E-state index contributed by atoms with van der Waals surface area (Å²) in [5, 5.41) is 0. The van der Waals surface area contributed by atoms with E-state index in [4.69, 9.17) is 0 Å². The molecule has 0 bridgehead atoms. The van der Waals surface area contributed by atoms with Crippen LogP contribution in [0, 0.1) is 0 Å². The molecule has 0 radical (unpaired) electrons. The minimum atomic E-state index is -4.36. The fraction of sp³-hybridized carbons (Fsp3) is 0.500. The molecule has 1 aliphatic rings. The standard InChI is InChI=1S/C20H24F3N3O/c1-15(27)26(18-8-3-2-4-9-18)14-19-24-10-11-25(19)13-16-6-5-7-17(12-16)20(21,22)23/h5-7,10-12,18H,2-4,8-9,13-14H2,1H3. The fourth-order valence-corrected chi connectivity index (χ4v) is 3.72. The summed E-state index contributed by atoms with van der Waals surface area (Å²) in [6.07, 6.45) is 4.44. The van der Waals surface area contributed by atoms with E-state index in [0.29, 0.717) is 17.9 Å². The van der Waals surface area contributed by atoms with E-state index >= 15 is 0 Å². The molecule has 0 unspecified atom stereocenters. The minimum Gasteiger partial charge on any atom is -0.332 e. The zero-order chi connectivity index (χ0) is 19.4. The third-order valence-electron chi connectivity index (χ3n) is 5.14. The van der Waals surface area contributed by atoms with Crippen molar-refractivity contribution in [3.8, 4) is 0 Å². The number of carbonyl (C=O) groups is 1. The van der Waals surface area contributed by atoms with Gasteiger partial charge in [0.05, 0.1) is 12.1 Å². The molecular weight excluding hydrogens is 355 g/mol. The van der Waals surface area contributed by atoms with Crippen LogP contribution in [0.1, 0.15) is 56.0 Å². The summed E-state index contributed by atoms with van der Waals surface area (Å²) in [4.78, 5) is 18.4. The van der Waals surface area contributed by atoms with Gasteiger partial charge in [-0.15, -0.1) is 0 Å². The molecule has 1 amide bonds. The van der Waals surface area contributed by atoms with Crippen LogP contribution >= 0.6 is 0 Å². The van der Waals surface area contributed by atoms with Crippen LogP contribution in [0.4, 0.5) is 13.2 Å². The molecule has 0 saturated heterocycles. The second-order valence-electron chi connectivity index (χ2n) is 7.11. The average Bonchev–Trinajstić information content (AvgIpc) is 3.06. The van der Waals surface area contributed by atoms with Crippen LogP contribution < -0.4 is 0 Å². The van der Waals surface area contributed by atoms with Gasteiger partial charge in [-0.1, -0.05) is 31.4 Å². The van der Waals surface area contributed by atoms with Crippen molar-refractivity contribution in [3.05, 3.63) is 53.6 Å². The highest BCUT2D eigenvalue weighted by atomic mass is 19.4. The molecular formula is C20H24F3N3O. The van der Waals surface area contributed by atoms with E-state index in [0.717, 1.165) is 37.8 Å². The van der Waals surface area contributed by atoms with Crippen molar-refractivity contribution in [2.24, 2.45) is 0 Å². The van der Waals surface area contributed by atoms with Crippen LogP contribution in [0.3, 0.4) is 0 Å². The van der Waals surface area contributed by atoms with E-state index in [2.05, 4.69) is 4.98 Å². The molecule has 146 valence electrons. The van der Waals surface area contributed by atoms with E-state index in [1.807, 2.05) is 9.47 Å². The maximum absolute atomic E-state index is 12.9. The van der Waals surface area contributed by atoms with Crippen LogP contribution in [0.2, 0.25) is 0 Å². The van der Waals surface area contributed by atoms with Gasteiger partial charge in [0.2, 0.25) is 5.91 Å². The number of halogens is 3. The van der Waals surface area contributed by atoms with Gasteiger partial charge in [0.1, 0.15) is 5.82 Å². The zero-order valence-corrected chi connectivity index (χ0v) is 15.4. The monoisotopic (exact) mass is 379 g/mol. The number of aromatic nitrogens is 2. The van der Waals surface area contributed by atoms with Crippen molar-refractivity contribution in [1.82, 2.24) is 14.5 Å². The normalized spacial score (nSPS) is 15.7. The Kier molecular flexibility index (Phi) is 5.87. The first kappa shape index (κ1) is 19.5. The van der Waals surface area contributed by atoms with Gasteiger partial charge in [-0.25, -0.2) is 4.98 Å². The molecule has 3 rings (SSSR count). The van der Waals surface area contributed by atoms with Crippen molar-refractivity contribution in [1.29, 1.82) is 0 Å². The van der Waals surface area contributed by atoms with E-state index in [1.165, 1.54) is 12.5 Å². The first-order valence-corrected chi connectivity index (χ1v) is 9.28. The quantitative estimate of drug-likeness (QED) is 0.760. The van der Waals surface area contributed by atoms with Crippen molar-refractivity contribution in [3.63, 3.8) is 0 Å². The second-order valence-corrected chi connectivity index (χ2v) is 7.11. The first-order valence-electron chi connectivity index (χ1n) is 9.28. The summed E-state index contributed by atoms with van der Waals surface area (Å²) in [6.45, 7) is 2.23. The van der Waals surface area contributed by atoms with Gasteiger partial charge in [-0.05, 0) is 30.5 Å². The number of carbonyl (C=O) groups excluding carboxylic acids is 1. The molecule has 0 spiro atoms. The van der Waals surface area contributed by atoms with E-state index in [-0.39, 0.29) is 18.5 Å². The lowest BCUT2D eigenvalue weighted by atomic mass is 9.94. The number of hydrogen-bond donors (Lipinski definition) is 0. The number of alkyl halides is 3. The minimum absolute atomic E-state index is 0.00974. The third kappa shape index (κ3) is 4.90. The van der Waals surface area contributed by atoms with Gasteiger partial charge in [0.15, 0.2) is 0 Å². The molecule has 1 heterocycles. The highest BCUT2D eigenvalue weighted by molar-refractivity contribution is 5.73. The molecule has 0 aliphatic heterocycles. The van der Waals surface area contributed by atoms with Crippen molar-refractivity contribution in [2.75, 3.05) is 0 Å². The molecule has 4 nitrogen and oxygen atoms in total. The van der Waals surface area contributed by atoms with Crippen LogP contribution in [0.15, 0.2) is 36.7 Å². The Labute approximate surface area is 157 Å². The fourth-order valence-electron chi connectivity index (χ4n) is 3.72. The predicted octanol–water partition coefficient (Wildman–Crippen LogP) is 4.63. The molecule has 0 N–H and O–H groups in total. The lowest BCUT2D eigenvalue weighted by Gasteiger charge is -2.33. The molecule has 7 heteroatoms. The lowest BCUT2D eigenvalue weighted by Crippen LogP contribution is -2.40. The maximum Gasteiger partial charge on any atom is 0.416 e. The Bertz CT molecular complexity index is 779. The molecule has 2 aromatic rings. The van der Waals surface area contributed by atoms with E-state index in [1.54, 1.807) is 25.4 Å². The van der Waals surface area contributed by atoms with Crippen LogP contribution in [-0.4, -0.2) is 26.4 Å². The molecule has 27 heavy (non-hydrogen) atoms. The van der Waals surface area contributed by atoms with Crippen LogP contribution in [0.25, 0.3) is 0 Å². The number of rotatable bonds is 5. The smallest absolute Gasteiger partial charge is 0.332 e. The summed E-state index contributed by atoms with van der Waals surface area (Å²) in [5.74, 6) is 0.698. The summed E-state index contributed by atoms with van der Waals surface area (Å²) in [6, 6.07) is 5.53. The topological polar surface area (TPSA) is 38.1 Å². The summed E-state index contributed by atoms with van der Waals surface area (Å²) >= 11 is 0. The van der Waals surface area contributed by atoms with Gasteiger partial charge < -0.3 is 9.47 Å². The van der Waals surface area contributed by atoms with Gasteiger partial charge in [0.25, 0.3) is 0 Å². The molecule has 1 fully saturated rings. The summed E-state index contributed by atoms with van der Waals surface area (Å²) in [5.41, 5.74) is -0.106. The number of amides is 1. The molecule has 1 saturated carbocycles. The average molecular weight is 379 g/mol.